The number of benzene rings is 8. The van der Waals surface area contributed by atoms with E-state index in [2.05, 4.69) is 214 Å². The minimum atomic E-state index is 1.09. The maximum absolute atomic E-state index is 2.42. The van der Waals surface area contributed by atoms with Crippen molar-refractivity contribution < 1.29 is 0 Å². The zero-order chi connectivity index (χ0) is 33.7. The SMILES string of the molecule is c1ccc(-c2ccc3c4ccc(N(c5ccccc5)c5cccc6c7ccccc7n(-c7ccccc7)c56)cc4n(-c4ccccc4)c3c2)cc1. The van der Waals surface area contributed by atoms with Crippen LogP contribution in [0.4, 0.5) is 17.1 Å². The lowest BCUT2D eigenvalue weighted by atomic mass is 10.0. The summed E-state index contributed by atoms with van der Waals surface area (Å²) in [4.78, 5) is 2.42. The van der Waals surface area contributed by atoms with E-state index >= 15 is 0 Å². The molecule has 0 unspecified atom stereocenters. The van der Waals surface area contributed by atoms with Crippen molar-refractivity contribution >= 4 is 60.7 Å². The van der Waals surface area contributed by atoms with E-state index in [0.717, 1.165) is 34.0 Å². The van der Waals surface area contributed by atoms with Gasteiger partial charge in [0.05, 0.1) is 27.8 Å². The van der Waals surface area contributed by atoms with Gasteiger partial charge in [-0.3, -0.25) is 0 Å². The molecule has 10 aromatic rings. The first-order valence-corrected chi connectivity index (χ1v) is 17.5. The molecular weight excluding hydrogens is 619 g/mol. The highest BCUT2D eigenvalue weighted by Crippen LogP contribution is 2.45. The summed E-state index contributed by atoms with van der Waals surface area (Å²) in [5, 5.41) is 4.92. The van der Waals surface area contributed by atoms with Gasteiger partial charge in [-0.25, -0.2) is 0 Å². The molecule has 0 saturated heterocycles. The van der Waals surface area contributed by atoms with Crippen molar-refractivity contribution in [2.75, 3.05) is 4.90 Å². The summed E-state index contributed by atoms with van der Waals surface area (Å²) in [6.45, 7) is 0. The van der Waals surface area contributed by atoms with Crippen LogP contribution in [0.1, 0.15) is 0 Å². The summed E-state index contributed by atoms with van der Waals surface area (Å²) in [5.74, 6) is 0. The Labute approximate surface area is 296 Å². The minimum Gasteiger partial charge on any atom is -0.309 e. The summed E-state index contributed by atoms with van der Waals surface area (Å²) in [6, 6.07) is 72.1. The van der Waals surface area contributed by atoms with E-state index in [0.29, 0.717) is 0 Å². The van der Waals surface area contributed by atoms with Crippen molar-refractivity contribution in [1.29, 1.82) is 0 Å². The molecule has 0 spiro atoms. The number of anilines is 3. The Morgan fingerprint density at radius 2 is 0.863 bits per heavy atom. The standard InChI is InChI=1S/C48H33N3/c1-5-16-34(17-6-1)35-28-30-41-42-31-29-39(33-47(42)50(46(41)32-35)37-20-9-3-10-21-37)49(36-18-7-2-8-19-36)45-27-15-25-43-40-24-13-14-26-44(40)51(48(43)45)38-22-11-4-12-23-38/h1-33H. The maximum Gasteiger partial charge on any atom is 0.0782 e. The molecule has 2 aromatic heterocycles. The molecule has 51 heavy (non-hydrogen) atoms. The topological polar surface area (TPSA) is 13.1 Å². The van der Waals surface area contributed by atoms with Crippen molar-refractivity contribution in [3.8, 4) is 22.5 Å². The van der Waals surface area contributed by atoms with Crippen LogP contribution in [0.3, 0.4) is 0 Å². The van der Waals surface area contributed by atoms with Crippen molar-refractivity contribution in [3.05, 3.63) is 200 Å². The minimum absolute atomic E-state index is 1.09. The molecule has 0 aliphatic heterocycles. The van der Waals surface area contributed by atoms with Gasteiger partial charge in [-0.15, -0.1) is 0 Å². The fourth-order valence-corrected chi connectivity index (χ4v) is 7.84. The Morgan fingerprint density at radius 3 is 1.59 bits per heavy atom. The normalized spacial score (nSPS) is 11.5. The van der Waals surface area contributed by atoms with E-state index < -0.39 is 0 Å². The lowest BCUT2D eigenvalue weighted by molar-refractivity contribution is 1.16. The molecule has 0 fully saturated rings. The van der Waals surface area contributed by atoms with Crippen LogP contribution in [-0.2, 0) is 0 Å². The number of rotatable bonds is 6. The molecule has 0 atom stereocenters. The number of fused-ring (bicyclic) bond motifs is 6. The maximum atomic E-state index is 2.42. The molecule has 0 N–H and O–H groups in total. The molecule has 3 nitrogen and oxygen atoms in total. The van der Waals surface area contributed by atoms with Gasteiger partial charge < -0.3 is 14.0 Å². The van der Waals surface area contributed by atoms with E-state index in [9.17, 15) is 0 Å². The summed E-state index contributed by atoms with van der Waals surface area (Å²) in [7, 11) is 0. The van der Waals surface area contributed by atoms with Crippen LogP contribution in [0.5, 0.6) is 0 Å². The number of hydrogen-bond donors (Lipinski definition) is 0. The van der Waals surface area contributed by atoms with E-state index in [-0.39, 0.29) is 0 Å². The van der Waals surface area contributed by atoms with E-state index in [4.69, 9.17) is 0 Å². The first-order chi connectivity index (χ1) is 25.3. The predicted molar refractivity (Wildman–Crippen MR) is 215 cm³/mol. The monoisotopic (exact) mass is 651 g/mol. The average molecular weight is 652 g/mol. The molecule has 0 radical (unpaired) electrons. The third-order valence-electron chi connectivity index (χ3n) is 10.1. The van der Waals surface area contributed by atoms with Gasteiger partial charge in [0.1, 0.15) is 0 Å². The Hall–Kier alpha value is -6.84. The van der Waals surface area contributed by atoms with Gasteiger partial charge in [0, 0.05) is 44.3 Å². The van der Waals surface area contributed by atoms with E-state index in [1.807, 2.05) is 0 Å². The summed E-state index contributed by atoms with van der Waals surface area (Å²) >= 11 is 0. The van der Waals surface area contributed by atoms with Gasteiger partial charge in [-0.2, -0.15) is 0 Å². The largest absolute Gasteiger partial charge is 0.309 e. The molecule has 0 aliphatic carbocycles. The molecule has 2 heterocycles. The van der Waals surface area contributed by atoms with E-state index in [1.54, 1.807) is 0 Å². The summed E-state index contributed by atoms with van der Waals surface area (Å²) in [5.41, 5.74) is 12.7. The third-order valence-corrected chi connectivity index (χ3v) is 10.1. The van der Waals surface area contributed by atoms with Gasteiger partial charge in [0.2, 0.25) is 0 Å². The Morgan fingerprint density at radius 1 is 0.314 bits per heavy atom. The Kier molecular flexibility index (Phi) is 6.81. The van der Waals surface area contributed by atoms with E-state index in [1.165, 1.54) is 49.2 Å². The summed E-state index contributed by atoms with van der Waals surface area (Å²) < 4.78 is 4.84. The van der Waals surface area contributed by atoms with Gasteiger partial charge in [-0.05, 0) is 77.9 Å². The lowest BCUT2D eigenvalue weighted by Gasteiger charge is -2.27. The molecule has 0 amide bonds. The highest BCUT2D eigenvalue weighted by molar-refractivity contribution is 6.15. The Balaban J connectivity index is 1.28. The number of para-hydroxylation sites is 5. The van der Waals surface area contributed by atoms with Gasteiger partial charge in [-0.1, -0.05) is 133 Å². The van der Waals surface area contributed by atoms with Crippen LogP contribution < -0.4 is 4.90 Å². The highest BCUT2D eigenvalue weighted by atomic mass is 15.2. The second kappa shape index (κ2) is 11.9. The summed E-state index contributed by atoms with van der Waals surface area (Å²) in [6.07, 6.45) is 0. The highest BCUT2D eigenvalue weighted by Gasteiger charge is 2.23. The van der Waals surface area contributed by atoms with Gasteiger partial charge in [0.15, 0.2) is 0 Å². The van der Waals surface area contributed by atoms with Crippen molar-refractivity contribution in [1.82, 2.24) is 9.13 Å². The second-order valence-electron chi connectivity index (χ2n) is 13.0. The molecule has 240 valence electrons. The van der Waals surface area contributed by atoms with Crippen molar-refractivity contribution in [3.63, 3.8) is 0 Å². The predicted octanol–water partition coefficient (Wildman–Crippen LogP) is 13.0. The van der Waals surface area contributed by atoms with Gasteiger partial charge in [0.25, 0.3) is 0 Å². The van der Waals surface area contributed by atoms with Crippen LogP contribution >= 0.6 is 0 Å². The average Bonchev–Trinajstić information content (AvgIpc) is 3.72. The fraction of sp³-hybridized carbons (Fsp3) is 0. The quantitative estimate of drug-likeness (QED) is 0.174. The molecular formula is C48H33N3. The van der Waals surface area contributed by atoms with Crippen LogP contribution in [0.15, 0.2) is 200 Å². The Bertz CT molecular complexity index is 2830. The smallest absolute Gasteiger partial charge is 0.0782 e. The third kappa shape index (κ3) is 4.74. The first-order valence-electron chi connectivity index (χ1n) is 17.5. The van der Waals surface area contributed by atoms with Crippen LogP contribution in [0.2, 0.25) is 0 Å². The zero-order valence-corrected chi connectivity index (χ0v) is 27.9. The fourth-order valence-electron chi connectivity index (χ4n) is 7.84. The lowest BCUT2D eigenvalue weighted by Crippen LogP contribution is -2.11. The molecule has 0 aliphatic rings. The molecule has 10 rings (SSSR count). The molecule has 8 aromatic carbocycles. The number of hydrogen-bond acceptors (Lipinski definition) is 1. The van der Waals surface area contributed by atoms with Gasteiger partial charge >= 0.3 is 0 Å². The molecule has 3 heteroatoms. The zero-order valence-electron chi connectivity index (χ0n) is 27.9. The van der Waals surface area contributed by atoms with Crippen LogP contribution in [-0.4, -0.2) is 9.13 Å². The molecule has 0 saturated carbocycles. The first kappa shape index (κ1) is 29.1. The second-order valence-corrected chi connectivity index (χ2v) is 13.0. The van der Waals surface area contributed by atoms with Crippen molar-refractivity contribution in [2.45, 2.75) is 0 Å². The van der Waals surface area contributed by atoms with Crippen LogP contribution in [0.25, 0.3) is 66.1 Å². The van der Waals surface area contributed by atoms with Crippen LogP contribution in [0, 0.1) is 0 Å². The number of aromatic nitrogens is 2. The van der Waals surface area contributed by atoms with Crippen molar-refractivity contribution in [2.24, 2.45) is 0 Å². The number of nitrogens with zero attached hydrogens (tertiary/aromatic N) is 3. The molecule has 0 bridgehead atoms.